The number of hydrogen-bond donors (Lipinski definition) is 1. The Labute approximate surface area is 119 Å². The molecule has 0 fully saturated rings. The van der Waals surface area contributed by atoms with Crippen LogP contribution in [0.5, 0.6) is 0 Å². The Morgan fingerprint density at radius 1 is 1.00 bits per heavy atom. The maximum absolute atomic E-state index is 4.56. The van der Waals surface area contributed by atoms with E-state index in [2.05, 4.69) is 37.3 Å². The van der Waals surface area contributed by atoms with Gasteiger partial charge in [0.2, 0.25) is 0 Å². The molecule has 108 valence electrons. The molecule has 2 heteroatoms. The van der Waals surface area contributed by atoms with Crippen LogP contribution in [0.1, 0.15) is 48.5 Å². The average molecular weight is 262 g/mol. The lowest BCUT2D eigenvalue weighted by molar-refractivity contribution is 0.596. The molecule has 1 N–H and O–H groups in total. The van der Waals surface area contributed by atoms with E-state index < -0.39 is 0 Å². The summed E-state index contributed by atoms with van der Waals surface area (Å²) in [6, 6.07) is 0. The van der Waals surface area contributed by atoms with Crippen LogP contribution < -0.4 is 5.32 Å². The first-order valence-corrected chi connectivity index (χ1v) is 7.01. The van der Waals surface area contributed by atoms with Gasteiger partial charge in [-0.2, -0.15) is 0 Å². The van der Waals surface area contributed by atoms with Crippen molar-refractivity contribution in [3.8, 4) is 0 Å². The van der Waals surface area contributed by atoms with Crippen molar-refractivity contribution < 1.29 is 0 Å². The molecule has 0 saturated heterocycles. The third-order valence-electron chi connectivity index (χ3n) is 2.28. The van der Waals surface area contributed by atoms with Gasteiger partial charge < -0.3 is 5.32 Å². The van der Waals surface area contributed by atoms with E-state index in [4.69, 9.17) is 0 Å². The molecule has 1 heterocycles. The molecule has 0 aromatic heterocycles. The highest BCUT2D eigenvalue weighted by Crippen LogP contribution is 2.29. The van der Waals surface area contributed by atoms with Crippen molar-refractivity contribution in [3.05, 3.63) is 48.7 Å². The van der Waals surface area contributed by atoms with E-state index in [0.29, 0.717) is 0 Å². The van der Waals surface area contributed by atoms with E-state index in [-0.39, 0.29) is 5.54 Å². The fourth-order valence-corrected chi connectivity index (χ4v) is 1.76. The molecule has 0 amide bonds. The lowest BCUT2D eigenvalue weighted by Crippen LogP contribution is -2.37. The van der Waals surface area contributed by atoms with Crippen LogP contribution >= 0.6 is 0 Å². The second-order valence-corrected chi connectivity index (χ2v) is 4.01. The van der Waals surface area contributed by atoms with Crippen molar-refractivity contribution in [2.45, 2.75) is 54.0 Å². The van der Waals surface area contributed by atoms with Crippen LogP contribution in [0.15, 0.2) is 53.7 Å². The van der Waals surface area contributed by atoms with Crippen LogP contribution in [0.4, 0.5) is 0 Å². The molecule has 19 heavy (non-hydrogen) atoms. The molecular weight excluding hydrogens is 232 g/mol. The number of allylic oxidation sites excluding steroid dienone is 4. The van der Waals surface area contributed by atoms with Gasteiger partial charge in [0, 0.05) is 11.3 Å². The lowest BCUT2D eigenvalue weighted by Gasteiger charge is -2.32. The topological polar surface area (TPSA) is 24.4 Å². The fraction of sp³-hybridized carbons (Fsp3) is 0.471. The predicted molar refractivity (Wildman–Crippen MR) is 89.6 cm³/mol. The van der Waals surface area contributed by atoms with E-state index in [9.17, 15) is 0 Å². The SMILES string of the molecule is C=C/C=C1/NC(C)=NC(C)(C)/C1=C/C=C.CC.CC. The van der Waals surface area contributed by atoms with Gasteiger partial charge in [0.1, 0.15) is 0 Å². The van der Waals surface area contributed by atoms with Crippen LogP contribution in [0.2, 0.25) is 0 Å². The molecule has 0 aliphatic carbocycles. The Hall–Kier alpha value is -1.57. The normalized spacial score (nSPS) is 20.1. The summed E-state index contributed by atoms with van der Waals surface area (Å²) in [6.07, 6.45) is 7.49. The highest BCUT2D eigenvalue weighted by atomic mass is 15.1. The van der Waals surface area contributed by atoms with Crippen LogP contribution in [-0.4, -0.2) is 11.4 Å². The van der Waals surface area contributed by atoms with Crippen molar-refractivity contribution in [2.75, 3.05) is 0 Å². The molecule has 1 aliphatic heterocycles. The standard InChI is InChI=1S/C13H18N2.2C2H6/c1-6-8-11-12(9-7-2)14-10(3)15-13(11,4)5;2*1-2/h6-9H,1-2H2,3-5H3,(H,14,15);2*1-2H3/b11-8+,12-9+;;. The molecule has 1 rings (SSSR count). The summed E-state index contributed by atoms with van der Waals surface area (Å²) < 4.78 is 0. The maximum atomic E-state index is 4.56. The number of nitrogens with one attached hydrogen (secondary N) is 1. The van der Waals surface area contributed by atoms with Crippen LogP contribution in [0, 0.1) is 0 Å². The summed E-state index contributed by atoms with van der Waals surface area (Å²) >= 11 is 0. The smallest absolute Gasteiger partial charge is 0.0986 e. The first-order chi connectivity index (χ1) is 9.01. The minimum absolute atomic E-state index is 0.210. The minimum Gasteiger partial charge on any atom is -0.344 e. The van der Waals surface area contributed by atoms with Crippen molar-refractivity contribution >= 4 is 5.84 Å². The monoisotopic (exact) mass is 262 g/mol. The van der Waals surface area contributed by atoms with Gasteiger partial charge in [-0.25, -0.2) is 0 Å². The van der Waals surface area contributed by atoms with Crippen LogP contribution in [0.25, 0.3) is 0 Å². The molecule has 0 aromatic rings. The first kappa shape index (κ1) is 19.8. The van der Waals surface area contributed by atoms with E-state index >= 15 is 0 Å². The Morgan fingerprint density at radius 2 is 1.47 bits per heavy atom. The molecule has 1 aliphatic rings. The zero-order chi connectivity index (χ0) is 15.5. The molecule has 0 aromatic carbocycles. The third kappa shape index (κ3) is 6.23. The minimum atomic E-state index is -0.210. The molecule has 0 bridgehead atoms. The average Bonchev–Trinajstić information content (AvgIpc) is 2.38. The molecule has 0 unspecified atom stereocenters. The third-order valence-corrected chi connectivity index (χ3v) is 2.28. The molecule has 2 nitrogen and oxygen atoms in total. The molecular formula is C17H30N2. The van der Waals surface area contributed by atoms with Gasteiger partial charge in [0.25, 0.3) is 0 Å². The Balaban J connectivity index is 0. The van der Waals surface area contributed by atoms with E-state index in [1.807, 2.05) is 46.8 Å². The van der Waals surface area contributed by atoms with Crippen LogP contribution in [0.3, 0.4) is 0 Å². The predicted octanol–water partition coefficient (Wildman–Crippen LogP) is 5.02. The Bertz CT molecular complexity index is 369. The van der Waals surface area contributed by atoms with Gasteiger partial charge in [-0.05, 0) is 26.8 Å². The molecule has 0 saturated carbocycles. The molecule has 0 spiro atoms. The first-order valence-electron chi connectivity index (χ1n) is 7.01. The second kappa shape index (κ2) is 10.4. The summed E-state index contributed by atoms with van der Waals surface area (Å²) in [5, 5.41) is 3.23. The summed E-state index contributed by atoms with van der Waals surface area (Å²) in [7, 11) is 0. The fourth-order valence-electron chi connectivity index (χ4n) is 1.76. The highest BCUT2D eigenvalue weighted by molar-refractivity contribution is 5.85. The van der Waals surface area contributed by atoms with Crippen LogP contribution in [-0.2, 0) is 0 Å². The number of aliphatic imine (C=N–C) groups is 1. The molecule has 0 atom stereocenters. The zero-order valence-electron chi connectivity index (χ0n) is 13.7. The quantitative estimate of drug-likeness (QED) is 0.742. The van der Waals surface area contributed by atoms with Gasteiger partial charge in [-0.3, -0.25) is 4.99 Å². The number of nitrogens with zero attached hydrogens (tertiary/aromatic N) is 1. The summed E-state index contributed by atoms with van der Waals surface area (Å²) in [6.45, 7) is 21.6. The van der Waals surface area contributed by atoms with Gasteiger partial charge in [-0.15, -0.1) is 0 Å². The van der Waals surface area contributed by atoms with Crippen molar-refractivity contribution in [3.63, 3.8) is 0 Å². The van der Waals surface area contributed by atoms with Crippen molar-refractivity contribution in [2.24, 2.45) is 4.99 Å². The number of hydrogen-bond acceptors (Lipinski definition) is 2. The number of amidine groups is 1. The highest BCUT2D eigenvalue weighted by Gasteiger charge is 2.28. The lowest BCUT2D eigenvalue weighted by atomic mass is 9.89. The number of rotatable bonds is 2. The van der Waals surface area contributed by atoms with Gasteiger partial charge in [0.15, 0.2) is 0 Å². The van der Waals surface area contributed by atoms with E-state index in [0.717, 1.165) is 17.1 Å². The largest absolute Gasteiger partial charge is 0.344 e. The van der Waals surface area contributed by atoms with Gasteiger partial charge in [0.05, 0.1) is 11.4 Å². The van der Waals surface area contributed by atoms with E-state index in [1.165, 1.54) is 0 Å². The van der Waals surface area contributed by atoms with Gasteiger partial charge in [-0.1, -0.05) is 59.1 Å². The van der Waals surface area contributed by atoms with E-state index in [1.54, 1.807) is 12.2 Å². The summed E-state index contributed by atoms with van der Waals surface area (Å²) in [5.41, 5.74) is 1.96. The summed E-state index contributed by atoms with van der Waals surface area (Å²) in [4.78, 5) is 4.56. The molecule has 0 radical (unpaired) electrons. The van der Waals surface area contributed by atoms with Crippen molar-refractivity contribution in [1.29, 1.82) is 0 Å². The Kier molecular flexibility index (Phi) is 10.8. The van der Waals surface area contributed by atoms with Crippen molar-refractivity contribution in [1.82, 2.24) is 5.32 Å². The Morgan fingerprint density at radius 3 is 1.89 bits per heavy atom. The maximum Gasteiger partial charge on any atom is 0.0986 e. The summed E-state index contributed by atoms with van der Waals surface area (Å²) in [5.74, 6) is 0.925. The van der Waals surface area contributed by atoms with Gasteiger partial charge >= 0.3 is 0 Å². The second-order valence-electron chi connectivity index (χ2n) is 4.01. The zero-order valence-corrected chi connectivity index (χ0v) is 13.7.